The Balaban J connectivity index is 0.00000306. The van der Waals surface area contributed by atoms with E-state index in [1.165, 1.54) is 18.6 Å². The smallest absolute Gasteiger partial charge is 0.331 e. The molecule has 0 saturated heterocycles. The Hall–Kier alpha value is -2.71. The zero-order chi connectivity index (χ0) is 23.0. The Morgan fingerprint density at radius 3 is 2.64 bits per heavy atom. The van der Waals surface area contributed by atoms with E-state index in [1.54, 1.807) is 13.0 Å². The van der Waals surface area contributed by atoms with Crippen LogP contribution in [-0.4, -0.2) is 27.6 Å². The summed E-state index contributed by atoms with van der Waals surface area (Å²) in [7, 11) is 1.92. The molecule has 3 aromatic rings. The van der Waals surface area contributed by atoms with Crippen molar-refractivity contribution in [2.75, 3.05) is 13.1 Å². The molecule has 1 N–H and O–H groups in total. The third-order valence-corrected chi connectivity index (χ3v) is 6.08. The van der Waals surface area contributed by atoms with Crippen LogP contribution in [0.4, 0.5) is 13.2 Å². The van der Waals surface area contributed by atoms with Crippen molar-refractivity contribution in [1.82, 2.24) is 19.9 Å². The first-order valence-electron chi connectivity index (χ1n) is 10.6. The van der Waals surface area contributed by atoms with Gasteiger partial charge in [0.1, 0.15) is 5.82 Å². The maximum atomic E-state index is 13.4. The third-order valence-electron chi connectivity index (χ3n) is 6.08. The molecule has 1 aliphatic rings. The highest BCUT2D eigenvalue weighted by Crippen LogP contribution is 2.35. The minimum atomic E-state index is -4.40. The average molecular weight is 478 g/mol. The van der Waals surface area contributed by atoms with Crippen LogP contribution >= 0.6 is 12.4 Å². The summed E-state index contributed by atoms with van der Waals surface area (Å²) in [6, 6.07) is 5.74. The van der Waals surface area contributed by atoms with Gasteiger partial charge in [-0.25, -0.2) is 4.98 Å². The maximum Gasteiger partial charge on any atom is 0.416 e. The van der Waals surface area contributed by atoms with Gasteiger partial charge in [-0.05, 0) is 62.6 Å². The first-order chi connectivity index (χ1) is 15.2. The molecular formula is C24H27ClF3N5. The van der Waals surface area contributed by atoms with E-state index in [0.29, 0.717) is 11.1 Å². The summed E-state index contributed by atoms with van der Waals surface area (Å²) in [5, 5.41) is 4.13. The van der Waals surface area contributed by atoms with Gasteiger partial charge in [-0.15, -0.1) is 12.4 Å². The lowest BCUT2D eigenvalue weighted by Crippen LogP contribution is -2.21. The monoisotopic (exact) mass is 477 g/mol. The SMILES string of the molecule is Cc1c(C(C)/N=c2\nc(C)n(C)c3cnc(C4=CCNCC4)cc23)cccc1C(F)(F)F.Cl. The Kier molecular flexibility index (Phi) is 7.29. The Morgan fingerprint density at radius 2 is 1.97 bits per heavy atom. The number of hydrogen-bond acceptors (Lipinski definition) is 4. The number of rotatable bonds is 3. The average Bonchev–Trinajstić information content (AvgIpc) is 2.77. The first-order valence-corrected chi connectivity index (χ1v) is 10.6. The fourth-order valence-electron chi connectivity index (χ4n) is 4.15. The third kappa shape index (κ3) is 4.96. The van der Waals surface area contributed by atoms with Crippen LogP contribution < -0.4 is 10.8 Å². The van der Waals surface area contributed by atoms with Gasteiger partial charge in [-0.2, -0.15) is 13.2 Å². The van der Waals surface area contributed by atoms with Crippen molar-refractivity contribution < 1.29 is 13.2 Å². The van der Waals surface area contributed by atoms with E-state index in [2.05, 4.69) is 21.4 Å². The highest BCUT2D eigenvalue weighted by molar-refractivity contribution is 5.85. The quantitative estimate of drug-likeness (QED) is 0.573. The molecule has 3 heterocycles. The van der Waals surface area contributed by atoms with E-state index >= 15 is 0 Å². The van der Waals surface area contributed by atoms with E-state index < -0.39 is 17.8 Å². The molecule has 1 aromatic carbocycles. The van der Waals surface area contributed by atoms with E-state index in [-0.39, 0.29) is 18.0 Å². The second-order valence-corrected chi connectivity index (χ2v) is 8.13. The van der Waals surface area contributed by atoms with Crippen molar-refractivity contribution >= 4 is 28.9 Å². The molecule has 1 unspecified atom stereocenters. The molecule has 33 heavy (non-hydrogen) atoms. The van der Waals surface area contributed by atoms with Gasteiger partial charge in [0, 0.05) is 19.0 Å². The number of alkyl halides is 3. The Bertz CT molecular complexity index is 1280. The fourth-order valence-corrected chi connectivity index (χ4v) is 4.15. The van der Waals surface area contributed by atoms with Crippen LogP contribution in [0.2, 0.25) is 0 Å². The normalized spacial score (nSPS) is 15.8. The molecule has 0 radical (unpaired) electrons. The number of nitrogens with one attached hydrogen (secondary N) is 1. The van der Waals surface area contributed by atoms with Gasteiger partial charge in [0.25, 0.3) is 0 Å². The van der Waals surface area contributed by atoms with Crippen LogP contribution in [0.25, 0.3) is 16.5 Å². The van der Waals surface area contributed by atoms with Crippen molar-refractivity contribution in [2.24, 2.45) is 12.0 Å². The Morgan fingerprint density at radius 1 is 1.21 bits per heavy atom. The fraction of sp³-hybridized carbons (Fsp3) is 0.375. The molecule has 176 valence electrons. The van der Waals surface area contributed by atoms with Gasteiger partial charge < -0.3 is 9.88 Å². The van der Waals surface area contributed by atoms with E-state index in [0.717, 1.165) is 48.0 Å². The minimum absolute atomic E-state index is 0. The molecule has 0 spiro atoms. The van der Waals surface area contributed by atoms with Gasteiger partial charge in [0.2, 0.25) is 0 Å². The molecule has 9 heteroatoms. The zero-order valence-electron chi connectivity index (χ0n) is 19.0. The van der Waals surface area contributed by atoms with Crippen LogP contribution in [0.1, 0.15) is 47.6 Å². The minimum Gasteiger partial charge on any atom is -0.331 e. The van der Waals surface area contributed by atoms with Crippen molar-refractivity contribution in [1.29, 1.82) is 0 Å². The zero-order valence-corrected chi connectivity index (χ0v) is 19.8. The molecular weight excluding hydrogens is 451 g/mol. The van der Waals surface area contributed by atoms with E-state index in [4.69, 9.17) is 4.99 Å². The highest BCUT2D eigenvalue weighted by atomic mass is 35.5. The molecule has 5 nitrogen and oxygen atoms in total. The van der Waals surface area contributed by atoms with Crippen LogP contribution in [0.3, 0.4) is 0 Å². The summed E-state index contributed by atoms with van der Waals surface area (Å²) in [5.41, 5.74) is 3.54. The standard InChI is InChI=1S/C24H26F3N5.ClH/c1-14-18(6-5-7-20(14)24(25,26)27)15(2)30-23-19-12-21(17-8-10-28-11-9-17)29-13-22(19)32(4)16(3)31-23;/h5-8,12-13,15,28H,9-11H2,1-4H3;1H/b30-23-;. The van der Waals surface area contributed by atoms with E-state index in [9.17, 15) is 13.2 Å². The number of pyridine rings is 1. The molecule has 0 saturated carbocycles. The lowest BCUT2D eigenvalue weighted by Gasteiger charge is -2.17. The number of hydrogen-bond donors (Lipinski definition) is 1. The van der Waals surface area contributed by atoms with Gasteiger partial charge in [-0.1, -0.05) is 18.2 Å². The first kappa shape index (κ1) is 24.9. The van der Waals surface area contributed by atoms with Gasteiger partial charge in [-0.3, -0.25) is 9.98 Å². The van der Waals surface area contributed by atoms with E-state index in [1.807, 2.05) is 30.8 Å². The topological polar surface area (TPSA) is 55.1 Å². The second kappa shape index (κ2) is 9.65. The van der Waals surface area contributed by atoms with Gasteiger partial charge >= 0.3 is 6.18 Å². The van der Waals surface area contributed by atoms with Crippen molar-refractivity contribution in [2.45, 2.75) is 39.4 Å². The summed E-state index contributed by atoms with van der Waals surface area (Å²) in [6.45, 7) is 6.88. The van der Waals surface area contributed by atoms with Crippen molar-refractivity contribution in [3.05, 3.63) is 70.2 Å². The van der Waals surface area contributed by atoms with Crippen LogP contribution in [0.5, 0.6) is 0 Å². The molecule has 1 aliphatic heterocycles. The largest absolute Gasteiger partial charge is 0.416 e. The molecule has 2 aromatic heterocycles. The number of halogens is 4. The summed E-state index contributed by atoms with van der Waals surface area (Å²) in [5.74, 6) is 0.750. The van der Waals surface area contributed by atoms with Gasteiger partial charge in [0.05, 0.1) is 29.0 Å². The van der Waals surface area contributed by atoms with Crippen LogP contribution in [0.15, 0.2) is 41.5 Å². The van der Waals surface area contributed by atoms with Gasteiger partial charge in [0.15, 0.2) is 5.49 Å². The molecule has 0 amide bonds. The molecule has 1 atom stereocenters. The van der Waals surface area contributed by atoms with Crippen molar-refractivity contribution in [3.8, 4) is 0 Å². The number of benzene rings is 1. The molecule has 0 bridgehead atoms. The maximum absolute atomic E-state index is 13.4. The molecule has 0 fully saturated rings. The van der Waals surface area contributed by atoms with Crippen molar-refractivity contribution in [3.63, 3.8) is 0 Å². The molecule has 0 aliphatic carbocycles. The highest BCUT2D eigenvalue weighted by Gasteiger charge is 2.33. The Labute approximate surface area is 196 Å². The number of fused-ring (bicyclic) bond motifs is 1. The van der Waals surface area contributed by atoms with Crippen LogP contribution in [-0.2, 0) is 13.2 Å². The number of aromatic nitrogens is 3. The number of aryl methyl sites for hydroxylation is 2. The predicted molar refractivity (Wildman–Crippen MR) is 126 cm³/mol. The summed E-state index contributed by atoms with van der Waals surface area (Å²) < 4.78 is 42.1. The summed E-state index contributed by atoms with van der Waals surface area (Å²) in [6.07, 6.45) is 0.438. The number of nitrogens with zero attached hydrogens (tertiary/aromatic N) is 4. The second-order valence-electron chi connectivity index (χ2n) is 8.13. The molecule has 4 rings (SSSR count). The summed E-state index contributed by atoms with van der Waals surface area (Å²) in [4.78, 5) is 14.1. The summed E-state index contributed by atoms with van der Waals surface area (Å²) >= 11 is 0. The lowest BCUT2D eigenvalue weighted by atomic mass is 9.97. The van der Waals surface area contributed by atoms with Crippen LogP contribution in [0, 0.1) is 13.8 Å². The predicted octanol–water partition coefficient (Wildman–Crippen LogP) is 5.06. The lowest BCUT2D eigenvalue weighted by molar-refractivity contribution is -0.138.